The van der Waals surface area contributed by atoms with E-state index in [9.17, 15) is 8.42 Å². The lowest BCUT2D eigenvalue weighted by Crippen LogP contribution is -2.13. The largest absolute Gasteiger partial charge is 0.412 e. The van der Waals surface area contributed by atoms with Crippen molar-refractivity contribution in [2.75, 3.05) is 0 Å². The van der Waals surface area contributed by atoms with Gasteiger partial charge in [0.25, 0.3) is 10.5 Å². The summed E-state index contributed by atoms with van der Waals surface area (Å²) in [6, 6.07) is 16.2. The summed E-state index contributed by atoms with van der Waals surface area (Å²) < 4.78 is 23.5. The van der Waals surface area contributed by atoms with Crippen LogP contribution in [0, 0.1) is 12.3 Å². The van der Waals surface area contributed by atoms with Crippen LogP contribution in [0.5, 0.6) is 0 Å². The van der Waals surface area contributed by atoms with Gasteiger partial charge >= 0.3 is 0 Å². The number of carbonyl (C=O) groups excluding carboxylic acids is 2. The van der Waals surface area contributed by atoms with Crippen LogP contribution in [-0.4, -0.2) is 34.6 Å². The highest BCUT2D eigenvalue weighted by Gasteiger charge is 2.18. The molecule has 0 unspecified atom stereocenters. The first-order chi connectivity index (χ1) is 14.9. The Morgan fingerprint density at radius 1 is 0.971 bits per heavy atom. The monoisotopic (exact) mass is 527 g/mol. The van der Waals surface area contributed by atoms with Gasteiger partial charge < -0.3 is 16.9 Å². The molecule has 0 fully saturated rings. The molecule has 3 aromatic rings. The maximum atomic E-state index is 11.7. The molecule has 3 rings (SSSR count). The average molecular weight is 528 g/mol. The predicted molar refractivity (Wildman–Crippen MR) is 143 cm³/mol. The molecular formula is C21H29N5O5S3. The lowest BCUT2D eigenvalue weighted by Gasteiger charge is -2.08. The Hall–Kier alpha value is -3.28. The zero-order valence-corrected chi connectivity index (χ0v) is 20.1. The molecule has 10 nitrogen and oxygen atoms in total. The van der Waals surface area contributed by atoms with E-state index in [-0.39, 0.29) is 17.8 Å². The van der Waals surface area contributed by atoms with Crippen molar-refractivity contribution in [2.45, 2.75) is 19.2 Å². The second-order valence-corrected chi connectivity index (χ2v) is 7.94. The van der Waals surface area contributed by atoms with E-state index >= 15 is 0 Å². The minimum absolute atomic E-state index is 0. The molecular weight excluding hydrogens is 498 g/mol. The van der Waals surface area contributed by atoms with Crippen molar-refractivity contribution in [3.05, 3.63) is 60.8 Å². The van der Waals surface area contributed by atoms with Crippen LogP contribution in [0.4, 0.5) is 9.59 Å². The van der Waals surface area contributed by atoms with Crippen molar-refractivity contribution in [1.29, 1.82) is 0 Å². The molecule has 0 bridgehead atoms. The first-order valence-corrected chi connectivity index (χ1v) is 10.9. The molecule has 0 atom stereocenters. The van der Waals surface area contributed by atoms with E-state index in [1.54, 1.807) is 31.3 Å². The molecule has 13 heteroatoms. The molecule has 0 aliphatic carbocycles. The predicted octanol–water partition coefficient (Wildman–Crippen LogP) is 2.83. The number of amides is 2. The van der Waals surface area contributed by atoms with E-state index in [4.69, 9.17) is 14.7 Å². The van der Waals surface area contributed by atoms with Crippen LogP contribution in [-0.2, 0) is 10.0 Å². The molecule has 0 radical (unpaired) electrons. The normalized spacial score (nSPS) is 8.79. The van der Waals surface area contributed by atoms with E-state index in [2.05, 4.69) is 59.3 Å². The number of nitrogens with zero attached hydrogens (tertiary/aromatic N) is 1. The van der Waals surface area contributed by atoms with Gasteiger partial charge in [-0.3, -0.25) is 14.7 Å². The molecule has 186 valence electrons. The Morgan fingerprint density at radius 2 is 1.38 bits per heavy atom. The van der Waals surface area contributed by atoms with E-state index in [1.807, 2.05) is 30.3 Å². The van der Waals surface area contributed by atoms with Gasteiger partial charge in [0.2, 0.25) is 10.0 Å². The number of hydrogen-bond donors (Lipinski definition) is 6. The number of hydrogen-bond acceptors (Lipinski definition) is 5. The number of primary amides is 2. The number of nitrogens with two attached hydrogens (primary N) is 3. The van der Waals surface area contributed by atoms with Crippen LogP contribution in [0.1, 0.15) is 14.4 Å². The molecule has 1 heterocycles. The lowest BCUT2D eigenvalue weighted by atomic mass is 10.0. The van der Waals surface area contributed by atoms with Crippen LogP contribution < -0.4 is 16.6 Å². The second-order valence-electron chi connectivity index (χ2n) is 5.53. The first kappa shape index (κ1) is 35.3. The maximum Gasteiger partial charge on any atom is 0.273 e. The molecule has 0 saturated carbocycles. The minimum atomic E-state index is -3.81. The first-order valence-electron chi connectivity index (χ1n) is 8.50. The van der Waals surface area contributed by atoms with Crippen LogP contribution in [0.15, 0.2) is 65.7 Å². The van der Waals surface area contributed by atoms with Gasteiger partial charge in [0, 0.05) is 11.1 Å². The van der Waals surface area contributed by atoms with Gasteiger partial charge in [-0.05, 0) is 18.6 Å². The molecule has 0 spiro atoms. The smallest absolute Gasteiger partial charge is 0.273 e. The number of thiol groups is 2. The number of sulfonamides is 1. The van der Waals surface area contributed by atoms with Crippen molar-refractivity contribution in [2.24, 2.45) is 16.6 Å². The summed E-state index contributed by atoms with van der Waals surface area (Å²) in [4.78, 5) is 18.2. The highest BCUT2D eigenvalue weighted by Crippen LogP contribution is 2.33. The Bertz CT molecular complexity index is 1140. The van der Waals surface area contributed by atoms with E-state index < -0.39 is 20.5 Å². The third-order valence-electron chi connectivity index (χ3n) is 3.19. The van der Waals surface area contributed by atoms with Crippen LogP contribution in [0.3, 0.4) is 0 Å². The van der Waals surface area contributed by atoms with E-state index in [0.717, 1.165) is 11.1 Å². The molecule has 9 N–H and O–H groups in total. The van der Waals surface area contributed by atoms with Crippen molar-refractivity contribution >= 4 is 45.8 Å². The highest BCUT2D eigenvalue weighted by molar-refractivity contribution is 7.96. The molecule has 34 heavy (non-hydrogen) atoms. The summed E-state index contributed by atoms with van der Waals surface area (Å²) in [6.45, 7) is 1.65. The molecule has 0 aliphatic heterocycles. The number of benzene rings is 2. The fraction of sp³-hybridized carbons (Fsp3) is 0.0952. The molecule has 1 aromatic heterocycles. The molecule has 2 aromatic carbocycles. The molecule has 2 amide bonds. The number of carbonyl (C=O) groups is 2. The van der Waals surface area contributed by atoms with Gasteiger partial charge in [-0.25, -0.2) is 13.6 Å². The van der Waals surface area contributed by atoms with Crippen LogP contribution in [0.25, 0.3) is 22.4 Å². The number of H-pyrrole nitrogens is 1. The summed E-state index contributed by atoms with van der Waals surface area (Å²) in [5.41, 5.74) is 11.6. The van der Waals surface area contributed by atoms with Crippen molar-refractivity contribution in [3.63, 3.8) is 0 Å². The lowest BCUT2D eigenvalue weighted by molar-refractivity contribution is 0.266. The quantitative estimate of drug-likeness (QED) is 0.224. The summed E-state index contributed by atoms with van der Waals surface area (Å²) in [5.74, 6) is 2.25. The van der Waals surface area contributed by atoms with Crippen molar-refractivity contribution in [3.8, 4) is 34.7 Å². The number of primary sulfonamides is 1. The highest BCUT2D eigenvalue weighted by atomic mass is 32.2. The standard InChI is InChI=1S/C15H13N3O2S.C3H4.2CH3NOS.CH4.H2O/c16-21(19,20)14-9-5-4-8-12(14)15-13(10-17-18-15)11-6-2-1-3-7-11;1-3-2;2*2-1(3)4;;/h1-10H,(H,17,18)(H2,16,19,20);1H,2H3;2*(H3,2,3,4);1H4;1H2. The van der Waals surface area contributed by atoms with Gasteiger partial charge in [-0.1, -0.05) is 81.2 Å². The Balaban J connectivity index is -0.000000630. The third-order valence-corrected chi connectivity index (χ3v) is 4.16. The second kappa shape index (κ2) is 18.2. The number of nitrogens with one attached hydrogen (secondary N) is 1. The van der Waals surface area contributed by atoms with Crippen LogP contribution in [0.2, 0.25) is 0 Å². The number of rotatable bonds is 3. The zero-order valence-electron chi connectivity index (χ0n) is 17.5. The zero-order chi connectivity index (χ0) is 24.7. The SMILES string of the molecule is C.C#CC.NC(=O)S.NC(=O)S.NS(=O)(=O)c1ccccc1-c1[nH]ncc1-c1ccccc1.O. The van der Waals surface area contributed by atoms with Gasteiger partial charge in [-0.15, -0.1) is 12.3 Å². The minimum Gasteiger partial charge on any atom is -0.412 e. The number of terminal acetylenes is 1. The fourth-order valence-electron chi connectivity index (χ4n) is 2.25. The van der Waals surface area contributed by atoms with Crippen LogP contribution >= 0.6 is 25.3 Å². The summed E-state index contributed by atoms with van der Waals surface area (Å²) in [5, 5.41) is 10.9. The van der Waals surface area contributed by atoms with Gasteiger partial charge in [0.05, 0.1) is 16.8 Å². The van der Waals surface area contributed by atoms with Crippen molar-refractivity contribution < 1.29 is 23.5 Å². The summed E-state index contributed by atoms with van der Waals surface area (Å²) in [7, 11) is -3.81. The van der Waals surface area contributed by atoms with E-state index in [0.29, 0.717) is 11.3 Å². The fourth-order valence-corrected chi connectivity index (χ4v) is 2.99. The van der Waals surface area contributed by atoms with Gasteiger partial charge in [-0.2, -0.15) is 5.10 Å². The summed E-state index contributed by atoms with van der Waals surface area (Å²) >= 11 is 6.21. The average Bonchev–Trinajstić information content (AvgIpc) is 3.17. The van der Waals surface area contributed by atoms with Crippen molar-refractivity contribution in [1.82, 2.24) is 10.2 Å². The third kappa shape index (κ3) is 14.0. The van der Waals surface area contributed by atoms with E-state index in [1.165, 1.54) is 6.07 Å². The molecule has 0 saturated heterocycles. The Labute approximate surface area is 210 Å². The summed E-state index contributed by atoms with van der Waals surface area (Å²) in [6.07, 6.45) is 6.27. The van der Waals surface area contributed by atoms with Gasteiger partial charge in [0.1, 0.15) is 0 Å². The molecule has 0 aliphatic rings. The number of aromatic nitrogens is 2. The Kier molecular flexibility index (Phi) is 18.9. The number of aromatic amines is 1. The maximum absolute atomic E-state index is 11.7. The van der Waals surface area contributed by atoms with Gasteiger partial charge in [0.15, 0.2) is 0 Å². The topological polar surface area (TPSA) is 207 Å². The Morgan fingerprint density at radius 3 is 1.82 bits per heavy atom.